The van der Waals surface area contributed by atoms with Crippen LogP contribution in [0.2, 0.25) is 0 Å². The van der Waals surface area contributed by atoms with Crippen LogP contribution >= 0.6 is 15.9 Å². The fourth-order valence-electron chi connectivity index (χ4n) is 2.78. The number of rotatable bonds is 3. The van der Waals surface area contributed by atoms with E-state index < -0.39 is 0 Å². The van der Waals surface area contributed by atoms with Gasteiger partial charge in [-0.2, -0.15) is 0 Å². The summed E-state index contributed by atoms with van der Waals surface area (Å²) in [6, 6.07) is 9.46. The van der Waals surface area contributed by atoms with E-state index in [4.69, 9.17) is 0 Å². The second-order valence-corrected chi connectivity index (χ2v) is 6.19. The van der Waals surface area contributed by atoms with Crippen LogP contribution in [-0.4, -0.2) is 12.6 Å². The molecule has 0 aliphatic heterocycles. The fourth-order valence-corrected chi connectivity index (χ4v) is 3.04. The van der Waals surface area contributed by atoms with Crippen LogP contribution in [0.1, 0.15) is 38.7 Å². The van der Waals surface area contributed by atoms with E-state index in [0.717, 1.165) is 11.0 Å². The van der Waals surface area contributed by atoms with Gasteiger partial charge in [-0.15, -0.1) is 0 Å². The zero-order valence-corrected chi connectivity index (χ0v) is 11.8. The van der Waals surface area contributed by atoms with E-state index in [-0.39, 0.29) is 0 Å². The maximum absolute atomic E-state index is 3.57. The van der Waals surface area contributed by atoms with E-state index in [1.54, 1.807) is 0 Å². The van der Waals surface area contributed by atoms with Crippen molar-refractivity contribution >= 4 is 15.9 Å². The molecule has 1 N–H and O–H groups in total. The summed E-state index contributed by atoms with van der Waals surface area (Å²) < 4.78 is 1.16. The Kier molecular flexibility index (Phi) is 3.41. The summed E-state index contributed by atoms with van der Waals surface area (Å²) in [7, 11) is 0. The minimum absolute atomic E-state index is 0.379. The van der Waals surface area contributed by atoms with Gasteiger partial charge in [0.2, 0.25) is 0 Å². The molecule has 2 unspecified atom stereocenters. The normalized spacial score (nSPS) is 27.5. The molecule has 2 heteroatoms. The van der Waals surface area contributed by atoms with Crippen molar-refractivity contribution in [3.8, 4) is 0 Å². The molecular weight excluding hydrogens is 262 g/mol. The summed E-state index contributed by atoms with van der Waals surface area (Å²) in [4.78, 5) is 0. The molecule has 1 nitrogen and oxygen atoms in total. The highest BCUT2D eigenvalue weighted by Gasteiger charge is 2.47. The summed E-state index contributed by atoms with van der Waals surface area (Å²) in [5, 5.41) is 3.57. The minimum atomic E-state index is 0.379. The Morgan fingerprint density at radius 2 is 1.94 bits per heavy atom. The Morgan fingerprint density at radius 1 is 1.31 bits per heavy atom. The first kappa shape index (κ1) is 12.1. The molecule has 0 amide bonds. The van der Waals surface area contributed by atoms with E-state index in [9.17, 15) is 0 Å². The minimum Gasteiger partial charge on any atom is -0.314 e. The molecule has 1 aliphatic carbocycles. The van der Waals surface area contributed by atoms with Crippen LogP contribution in [0.4, 0.5) is 0 Å². The van der Waals surface area contributed by atoms with Gasteiger partial charge in [0.25, 0.3) is 0 Å². The van der Waals surface area contributed by atoms with Crippen molar-refractivity contribution in [3.05, 3.63) is 34.3 Å². The molecule has 2 atom stereocenters. The van der Waals surface area contributed by atoms with Gasteiger partial charge in [0, 0.05) is 10.5 Å². The highest BCUT2D eigenvalue weighted by Crippen LogP contribution is 2.52. The first-order chi connectivity index (χ1) is 7.55. The van der Waals surface area contributed by atoms with Gasteiger partial charge >= 0.3 is 0 Å². The molecule has 0 bridgehead atoms. The maximum Gasteiger partial charge on any atom is 0.0175 e. The van der Waals surface area contributed by atoms with Crippen molar-refractivity contribution in [2.45, 2.75) is 39.2 Å². The Morgan fingerprint density at radius 3 is 2.44 bits per heavy atom. The van der Waals surface area contributed by atoms with E-state index in [2.05, 4.69) is 66.3 Å². The summed E-state index contributed by atoms with van der Waals surface area (Å²) in [6.45, 7) is 8.00. The molecule has 16 heavy (non-hydrogen) atoms. The average molecular weight is 282 g/mol. The van der Waals surface area contributed by atoms with Crippen LogP contribution in [0.3, 0.4) is 0 Å². The van der Waals surface area contributed by atoms with Gasteiger partial charge in [-0.25, -0.2) is 0 Å². The number of benzene rings is 1. The third-order valence-electron chi connectivity index (χ3n) is 3.99. The van der Waals surface area contributed by atoms with E-state index in [1.807, 2.05) is 0 Å². The van der Waals surface area contributed by atoms with Crippen molar-refractivity contribution in [2.24, 2.45) is 5.41 Å². The predicted molar refractivity (Wildman–Crippen MR) is 72.7 cm³/mol. The first-order valence-electron chi connectivity index (χ1n) is 6.04. The lowest BCUT2D eigenvalue weighted by molar-refractivity contribution is 0.0706. The predicted octanol–water partition coefficient (Wildman–Crippen LogP) is 3.94. The highest BCUT2D eigenvalue weighted by atomic mass is 79.9. The molecule has 0 aromatic heterocycles. The molecule has 0 radical (unpaired) electrons. The number of halogens is 1. The lowest BCUT2D eigenvalue weighted by Gasteiger charge is -2.53. The molecule has 2 rings (SSSR count). The molecular formula is C14H20BrN. The van der Waals surface area contributed by atoms with E-state index in [0.29, 0.717) is 17.4 Å². The third kappa shape index (κ3) is 2.05. The van der Waals surface area contributed by atoms with Gasteiger partial charge in [0.15, 0.2) is 0 Å². The molecule has 0 spiro atoms. The molecule has 1 aliphatic rings. The Labute approximate surface area is 107 Å². The Hall–Kier alpha value is -0.340. The van der Waals surface area contributed by atoms with E-state index in [1.165, 1.54) is 12.0 Å². The Balaban J connectivity index is 2.11. The third-order valence-corrected chi connectivity index (χ3v) is 4.52. The molecule has 1 aromatic carbocycles. The van der Waals surface area contributed by atoms with Crippen molar-refractivity contribution < 1.29 is 0 Å². The van der Waals surface area contributed by atoms with Crippen LogP contribution in [0.25, 0.3) is 0 Å². The summed E-state index contributed by atoms with van der Waals surface area (Å²) in [5.74, 6) is 0.699. The molecule has 0 saturated heterocycles. The second-order valence-electron chi connectivity index (χ2n) is 5.27. The lowest BCUT2D eigenvalue weighted by Crippen LogP contribution is -2.55. The van der Waals surface area contributed by atoms with Crippen LogP contribution < -0.4 is 5.32 Å². The van der Waals surface area contributed by atoms with Gasteiger partial charge in [0.05, 0.1) is 0 Å². The molecule has 1 aromatic rings. The maximum atomic E-state index is 3.57. The monoisotopic (exact) mass is 281 g/mol. The highest BCUT2D eigenvalue weighted by molar-refractivity contribution is 9.10. The molecule has 1 fully saturated rings. The van der Waals surface area contributed by atoms with Gasteiger partial charge in [-0.05, 0) is 42.0 Å². The zero-order chi connectivity index (χ0) is 11.8. The lowest BCUT2D eigenvalue weighted by atomic mass is 9.56. The first-order valence-corrected chi connectivity index (χ1v) is 6.84. The van der Waals surface area contributed by atoms with Crippen LogP contribution in [0.15, 0.2) is 28.7 Å². The van der Waals surface area contributed by atoms with Crippen molar-refractivity contribution in [1.82, 2.24) is 5.32 Å². The van der Waals surface area contributed by atoms with Gasteiger partial charge in [-0.1, -0.05) is 48.8 Å². The largest absolute Gasteiger partial charge is 0.314 e. The second kappa shape index (κ2) is 4.50. The smallest absolute Gasteiger partial charge is 0.0175 e. The fraction of sp³-hybridized carbons (Fsp3) is 0.571. The van der Waals surface area contributed by atoms with Crippen LogP contribution in [0, 0.1) is 5.41 Å². The van der Waals surface area contributed by atoms with Crippen molar-refractivity contribution in [2.75, 3.05) is 6.54 Å². The van der Waals surface area contributed by atoms with Crippen LogP contribution in [0.5, 0.6) is 0 Å². The number of hydrogen-bond acceptors (Lipinski definition) is 1. The zero-order valence-electron chi connectivity index (χ0n) is 10.3. The van der Waals surface area contributed by atoms with Gasteiger partial charge in [-0.3, -0.25) is 0 Å². The quantitative estimate of drug-likeness (QED) is 0.885. The van der Waals surface area contributed by atoms with Crippen molar-refractivity contribution in [3.63, 3.8) is 0 Å². The van der Waals surface area contributed by atoms with Gasteiger partial charge in [0.1, 0.15) is 0 Å². The Bertz CT molecular complexity index is 356. The average Bonchev–Trinajstić information content (AvgIpc) is 2.26. The molecule has 0 heterocycles. The van der Waals surface area contributed by atoms with Crippen molar-refractivity contribution in [1.29, 1.82) is 0 Å². The van der Waals surface area contributed by atoms with Gasteiger partial charge < -0.3 is 5.32 Å². The topological polar surface area (TPSA) is 12.0 Å². The molecule has 1 saturated carbocycles. The van der Waals surface area contributed by atoms with E-state index >= 15 is 0 Å². The number of nitrogens with one attached hydrogen (secondary N) is 1. The summed E-state index contributed by atoms with van der Waals surface area (Å²) in [5.41, 5.74) is 1.85. The standard InChI is InChI=1S/C14H20BrN/c1-4-16-13-9-12(14(13,2)3)10-5-7-11(15)8-6-10/h5-8,12-13,16H,4,9H2,1-3H3. The summed E-state index contributed by atoms with van der Waals surface area (Å²) >= 11 is 3.49. The van der Waals surface area contributed by atoms with Crippen LogP contribution in [-0.2, 0) is 0 Å². The SMILES string of the molecule is CCNC1CC(c2ccc(Br)cc2)C1(C)C. The number of hydrogen-bond donors (Lipinski definition) is 1. The summed E-state index contributed by atoms with van der Waals surface area (Å²) in [6.07, 6.45) is 1.27. The molecule has 88 valence electrons.